The maximum absolute atomic E-state index is 12.8. The third-order valence-corrected chi connectivity index (χ3v) is 3.43. The number of methoxy groups -OCH3 is 1. The number of nitrogens with two attached hydrogens (primary N) is 1. The lowest BCUT2D eigenvalue weighted by Crippen LogP contribution is -2.20. The molecule has 1 rings (SSSR count). The molecule has 0 saturated heterocycles. The molecule has 0 aliphatic carbocycles. The van der Waals surface area contributed by atoms with Gasteiger partial charge >= 0.3 is 0 Å². The highest BCUT2D eigenvalue weighted by Gasteiger charge is 2.22. The Bertz CT molecular complexity index is 569. The molecule has 0 heterocycles. The number of rotatable bonds is 6. The molecule has 0 aliphatic rings. The normalized spacial score (nSPS) is 14.5. The summed E-state index contributed by atoms with van der Waals surface area (Å²) in [6, 6.07) is 4.41. The van der Waals surface area contributed by atoms with Crippen LogP contribution in [0.3, 0.4) is 0 Å². The number of hydrogen-bond acceptors (Lipinski definition) is 4. The minimum atomic E-state index is -3.78. The monoisotopic (exact) mass is 288 g/mol. The van der Waals surface area contributed by atoms with E-state index >= 15 is 0 Å². The highest BCUT2D eigenvalue weighted by atomic mass is 32.2. The standard InChI is InChI=1S/C10H13FN4O3S/c1-18-10(9(6-11)14-15-12)7-2-4-8(5-3-7)19(13,16)17/h2-5,9-10H,6H2,1H3,(H2,13,16,17)/t9?,10-/m1/s1. The van der Waals surface area contributed by atoms with Crippen LogP contribution in [0.25, 0.3) is 10.4 Å². The number of alkyl halides is 1. The summed E-state index contributed by atoms with van der Waals surface area (Å²) in [7, 11) is -2.44. The molecule has 2 N–H and O–H groups in total. The van der Waals surface area contributed by atoms with E-state index in [0.717, 1.165) is 0 Å². The van der Waals surface area contributed by atoms with Crippen molar-refractivity contribution < 1.29 is 17.5 Å². The number of nitrogens with zero attached hydrogens (tertiary/aromatic N) is 3. The summed E-state index contributed by atoms with van der Waals surface area (Å²) in [5, 5.41) is 8.26. The van der Waals surface area contributed by atoms with Gasteiger partial charge in [-0.1, -0.05) is 17.2 Å². The topological polar surface area (TPSA) is 118 Å². The van der Waals surface area contributed by atoms with E-state index in [1.807, 2.05) is 0 Å². The number of primary sulfonamides is 1. The molecule has 0 saturated carbocycles. The Balaban J connectivity index is 3.09. The highest BCUT2D eigenvalue weighted by Crippen LogP contribution is 2.24. The lowest BCUT2D eigenvalue weighted by Gasteiger charge is -2.20. The molecular weight excluding hydrogens is 275 g/mol. The summed E-state index contributed by atoms with van der Waals surface area (Å²) in [5.74, 6) is 0. The molecule has 0 fully saturated rings. The summed E-state index contributed by atoms with van der Waals surface area (Å²) < 4.78 is 40.0. The fourth-order valence-electron chi connectivity index (χ4n) is 1.60. The number of sulfonamides is 1. The van der Waals surface area contributed by atoms with Crippen LogP contribution in [0.2, 0.25) is 0 Å². The largest absolute Gasteiger partial charge is 0.376 e. The van der Waals surface area contributed by atoms with Crippen molar-refractivity contribution in [1.29, 1.82) is 0 Å². The van der Waals surface area contributed by atoms with Crippen LogP contribution >= 0.6 is 0 Å². The second kappa shape index (κ2) is 6.48. The maximum Gasteiger partial charge on any atom is 0.238 e. The van der Waals surface area contributed by atoms with Gasteiger partial charge in [0, 0.05) is 12.0 Å². The van der Waals surface area contributed by atoms with E-state index in [1.54, 1.807) is 0 Å². The SMILES string of the molecule is CO[C@H](c1ccc(S(N)(=O)=O)cc1)C(CF)N=[N+]=[N-]. The Morgan fingerprint density at radius 2 is 2.05 bits per heavy atom. The molecule has 0 bridgehead atoms. The fourth-order valence-corrected chi connectivity index (χ4v) is 2.12. The van der Waals surface area contributed by atoms with Crippen molar-refractivity contribution in [1.82, 2.24) is 0 Å². The molecule has 7 nitrogen and oxygen atoms in total. The molecule has 0 amide bonds. The average Bonchev–Trinajstić information content (AvgIpc) is 2.38. The van der Waals surface area contributed by atoms with Gasteiger partial charge in [0.1, 0.15) is 6.67 Å². The van der Waals surface area contributed by atoms with Crippen LogP contribution in [0, 0.1) is 0 Å². The Labute approximate surface area is 109 Å². The van der Waals surface area contributed by atoms with Crippen molar-refractivity contribution in [3.05, 3.63) is 40.3 Å². The minimum Gasteiger partial charge on any atom is -0.376 e. The third-order valence-electron chi connectivity index (χ3n) is 2.50. The Kier molecular flexibility index (Phi) is 5.25. The second-order valence-corrected chi connectivity index (χ2v) is 5.26. The Morgan fingerprint density at radius 1 is 1.47 bits per heavy atom. The zero-order valence-corrected chi connectivity index (χ0v) is 10.9. The molecule has 0 aromatic heterocycles. The van der Waals surface area contributed by atoms with Crippen LogP contribution in [-0.2, 0) is 14.8 Å². The number of benzene rings is 1. The Hall–Kier alpha value is -1.67. The molecule has 0 aliphatic heterocycles. The smallest absolute Gasteiger partial charge is 0.238 e. The van der Waals surface area contributed by atoms with Gasteiger partial charge in [-0.3, -0.25) is 4.39 Å². The predicted octanol–water partition coefficient (Wildman–Crippen LogP) is 1.67. The molecular formula is C10H13FN4O3S. The number of halogens is 1. The van der Waals surface area contributed by atoms with Gasteiger partial charge in [0.25, 0.3) is 0 Å². The van der Waals surface area contributed by atoms with E-state index < -0.39 is 28.8 Å². The Morgan fingerprint density at radius 3 is 2.42 bits per heavy atom. The van der Waals surface area contributed by atoms with Gasteiger partial charge in [-0.25, -0.2) is 13.6 Å². The summed E-state index contributed by atoms with van der Waals surface area (Å²) in [5.41, 5.74) is 8.84. The maximum atomic E-state index is 12.8. The highest BCUT2D eigenvalue weighted by molar-refractivity contribution is 7.89. The average molecular weight is 288 g/mol. The summed E-state index contributed by atoms with van der Waals surface area (Å²) in [6.07, 6.45) is -0.796. The minimum absolute atomic E-state index is 0.0633. The van der Waals surface area contributed by atoms with E-state index in [-0.39, 0.29) is 4.90 Å². The first-order valence-electron chi connectivity index (χ1n) is 5.19. The first-order valence-corrected chi connectivity index (χ1v) is 6.74. The van der Waals surface area contributed by atoms with Gasteiger partial charge in [0.15, 0.2) is 0 Å². The van der Waals surface area contributed by atoms with E-state index in [1.165, 1.54) is 31.4 Å². The molecule has 9 heteroatoms. The van der Waals surface area contributed by atoms with Crippen molar-refractivity contribution in [2.45, 2.75) is 17.0 Å². The molecule has 1 aromatic rings. The first-order chi connectivity index (χ1) is 8.93. The molecule has 104 valence electrons. The van der Waals surface area contributed by atoms with Gasteiger partial charge in [0.05, 0.1) is 17.0 Å². The number of azide groups is 1. The zero-order valence-electron chi connectivity index (χ0n) is 10.1. The van der Waals surface area contributed by atoms with Gasteiger partial charge < -0.3 is 4.74 Å². The number of hydrogen-bond donors (Lipinski definition) is 1. The molecule has 1 unspecified atom stereocenters. The van der Waals surface area contributed by atoms with Crippen LogP contribution in [-0.4, -0.2) is 28.2 Å². The third kappa shape index (κ3) is 3.90. The molecule has 0 spiro atoms. The van der Waals surface area contributed by atoms with Gasteiger partial charge in [-0.2, -0.15) is 0 Å². The van der Waals surface area contributed by atoms with E-state index in [2.05, 4.69) is 10.0 Å². The van der Waals surface area contributed by atoms with Crippen molar-refractivity contribution in [3.8, 4) is 0 Å². The fraction of sp³-hybridized carbons (Fsp3) is 0.400. The van der Waals surface area contributed by atoms with Crippen LogP contribution in [0.5, 0.6) is 0 Å². The molecule has 0 radical (unpaired) electrons. The lowest BCUT2D eigenvalue weighted by atomic mass is 10.0. The van der Waals surface area contributed by atoms with Gasteiger partial charge in [0.2, 0.25) is 10.0 Å². The predicted molar refractivity (Wildman–Crippen MR) is 66.5 cm³/mol. The van der Waals surface area contributed by atoms with Crippen LogP contribution < -0.4 is 5.14 Å². The first kappa shape index (κ1) is 15.4. The van der Waals surface area contributed by atoms with Crippen molar-refractivity contribution in [3.63, 3.8) is 0 Å². The quantitative estimate of drug-likeness (QED) is 0.487. The lowest BCUT2D eigenvalue weighted by molar-refractivity contribution is 0.0721. The number of ether oxygens (including phenoxy) is 1. The van der Waals surface area contributed by atoms with Crippen molar-refractivity contribution >= 4 is 10.0 Å². The van der Waals surface area contributed by atoms with Gasteiger partial charge in [-0.05, 0) is 23.2 Å². The van der Waals surface area contributed by atoms with E-state index in [9.17, 15) is 12.8 Å². The van der Waals surface area contributed by atoms with Crippen molar-refractivity contribution in [2.24, 2.45) is 10.3 Å². The zero-order chi connectivity index (χ0) is 14.5. The molecule has 2 atom stereocenters. The molecule has 19 heavy (non-hydrogen) atoms. The summed E-state index contributed by atoms with van der Waals surface area (Å²) >= 11 is 0. The summed E-state index contributed by atoms with van der Waals surface area (Å²) in [4.78, 5) is 2.48. The van der Waals surface area contributed by atoms with Gasteiger partial charge in [-0.15, -0.1) is 0 Å². The van der Waals surface area contributed by atoms with E-state index in [4.69, 9.17) is 15.4 Å². The van der Waals surface area contributed by atoms with Crippen LogP contribution in [0.15, 0.2) is 34.3 Å². The molecule has 1 aromatic carbocycles. The second-order valence-electron chi connectivity index (χ2n) is 3.70. The van der Waals surface area contributed by atoms with Crippen molar-refractivity contribution in [2.75, 3.05) is 13.8 Å². The summed E-state index contributed by atoms with van der Waals surface area (Å²) in [6.45, 7) is -0.889. The van der Waals surface area contributed by atoms with Crippen LogP contribution in [0.4, 0.5) is 4.39 Å². The van der Waals surface area contributed by atoms with E-state index in [0.29, 0.717) is 5.56 Å². The van der Waals surface area contributed by atoms with Crippen LogP contribution in [0.1, 0.15) is 11.7 Å².